The van der Waals surface area contributed by atoms with E-state index in [1.54, 1.807) is 27.7 Å². The summed E-state index contributed by atoms with van der Waals surface area (Å²) in [6.07, 6.45) is 0.479. The fourth-order valence-electron chi connectivity index (χ4n) is 2.72. The van der Waals surface area contributed by atoms with Gasteiger partial charge < -0.3 is 31.4 Å². The molecule has 3 atom stereocenters. The van der Waals surface area contributed by atoms with E-state index in [1.165, 1.54) is 10.9 Å². The highest BCUT2D eigenvalue weighted by Gasteiger charge is 2.29. The normalized spacial score (nSPS) is 14.1. The average Bonchev–Trinajstić information content (AvgIpc) is 3.13. The largest absolute Gasteiger partial charge is 0.461 e. The van der Waals surface area contributed by atoms with Gasteiger partial charge >= 0.3 is 5.97 Å². The number of nitrogens with two attached hydrogens (primary N) is 2. The number of rotatable bonds is 11. The summed E-state index contributed by atoms with van der Waals surface area (Å²) in [6.45, 7) is 6.32. The number of nitrogens with zero attached hydrogens (tertiary/aromatic N) is 3. The highest BCUT2D eigenvalue weighted by molar-refractivity contribution is 5.87. The molecule has 2 aromatic rings. The van der Waals surface area contributed by atoms with Crippen LogP contribution in [-0.2, 0) is 25.8 Å². The van der Waals surface area contributed by atoms with Gasteiger partial charge in [-0.3, -0.25) is 19.1 Å². The number of fused-ring (bicyclic) bond motifs is 1. The van der Waals surface area contributed by atoms with Crippen LogP contribution in [0, 0.1) is 11.8 Å². The number of halogens is 1. The summed E-state index contributed by atoms with van der Waals surface area (Å²) in [5.41, 5.74) is 11.2. The van der Waals surface area contributed by atoms with Crippen molar-refractivity contribution in [3.05, 3.63) is 16.7 Å². The Labute approximate surface area is 196 Å². The number of carbonyl (C=O) groups excluding carboxylic acids is 2. The molecule has 33 heavy (non-hydrogen) atoms. The number of hydrogen-bond acceptors (Lipinski definition) is 10. The van der Waals surface area contributed by atoms with Crippen molar-refractivity contribution in [3.8, 4) is 0 Å². The minimum absolute atomic E-state index is 0. The van der Waals surface area contributed by atoms with E-state index in [0.29, 0.717) is 0 Å². The zero-order valence-corrected chi connectivity index (χ0v) is 19.8. The Kier molecular flexibility index (Phi) is 10.7. The van der Waals surface area contributed by atoms with Crippen LogP contribution in [0.1, 0.15) is 27.7 Å². The van der Waals surface area contributed by atoms with Crippen molar-refractivity contribution in [2.75, 3.05) is 18.9 Å². The molecule has 1 amide bonds. The molecule has 0 aromatic carbocycles. The van der Waals surface area contributed by atoms with E-state index < -0.39 is 42.2 Å². The van der Waals surface area contributed by atoms with Crippen LogP contribution in [0.4, 0.5) is 5.95 Å². The van der Waals surface area contributed by atoms with Crippen molar-refractivity contribution in [3.63, 3.8) is 0 Å². The summed E-state index contributed by atoms with van der Waals surface area (Å²) in [4.78, 5) is 46.9. The van der Waals surface area contributed by atoms with Crippen molar-refractivity contribution in [2.45, 2.75) is 52.6 Å². The minimum Gasteiger partial charge on any atom is -0.461 e. The number of hydrogen-bond donors (Lipinski definition) is 5. The topological polar surface area (TPSA) is 200 Å². The van der Waals surface area contributed by atoms with Gasteiger partial charge in [0.05, 0.1) is 19.0 Å². The molecule has 7 N–H and O–H groups in total. The van der Waals surface area contributed by atoms with Crippen molar-refractivity contribution >= 4 is 41.4 Å². The minimum atomic E-state index is -0.900. The lowest BCUT2D eigenvalue weighted by molar-refractivity contribution is -0.155. The first-order valence-corrected chi connectivity index (χ1v) is 10.2. The number of aliphatic hydroxyl groups excluding tert-OH is 1. The van der Waals surface area contributed by atoms with Crippen molar-refractivity contribution in [2.24, 2.45) is 17.6 Å². The Balaban J connectivity index is 0.00000544. The SMILES string of the molecule is CC(C)[C@H](N)C(=O)N[C@H](C(=O)OCC(CO)OCn1cnc2c(=O)[nH]c(N)nc21)C(C)C.Cl. The Morgan fingerprint density at radius 2 is 1.94 bits per heavy atom. The fraction of sp³-hybridized carbons (Fsp3) is 0.632. The average molecular weight is 490 g/mol. The first kappa shape index (κ1) is 28.3. The summed E-state index contributed by atoms with van der Waals surface area (Å²) in [7, 11) is 0. The zero-order valence-electron chi connectivity index (χ0n) is 19.0. The number of aromatic amines is 1. The third-order valence-corrected chi connectivity index (χ3v) is 4.80. The lowest BCUT2D eigenvalue weighted by atomic mass is 10.0. The second-order valence-corrected chi connectivity index (χ2v) is 8.07. The van der Waals surface area contributed by atoms with Crippen LogP contribution in [0.2, 0.25) is 0 Å². The van der Waals surface area contributed by atoms with Gasteiger partial charge in [-0.2, -0.15) is 4.98 Å². The van der Waals surface area contributed by atoms with Gasteiger partial charge in [0.25, 0.3) is 5.56 Å². The molecular weight excluding hydrogens is 458 g/mol. The van der Waals surface area contributed by atoms with Gasteiger partial charge in [0.2, 0.25) is 11.9 Å². The molecule has 0 aliphatic carbocycles. The van der Waals surface area contributed by atoms with Crippen molar-refractivity contribution in [1.82, 2.24) is 24.8 Å². The van der Waals surface area contributed by atoms with Gasteiger partial charge in [-0.15, -0.1) is 12.4 Å². The Bertz CT molecular complexity index is 993. The molecule has 0 saturated heterocycles. The highest BCUT2D eigenvalue weighted by atomic mass is 35.5. The second-order valence-electron chi connectivity index (χ2n) is 8.07. The maximum atomic E-state index is 12.5. The third-order valence-electron chi connectivity index (χ3n) is 4.80. The number of esters is 1. The quantitative estimate of drug-likeness (QED) is 0.247. The van der Waals surface area contributed by atoms with E-state index in [4.69, 9.17) is 20.9 Å². The Morgan fingerprint density at radius 1 is 1.27 bits per heavy atom. The number of anilines is 1. The van der Waals surface area contributed by atoms with E-state index in [0.717, 1.165) is 0 Å². The van der Waals surface area contributed by atoms with Crippen LogP contribution in [0.15, 0.2) is 11.1 Å². The molecule has 2 rings (SSSR count). The number of imidazole rings is 1. The number of carbonyl (C=O) groups is 2. The highest BCUT2D eigenvalue weighted by Crippen LogP contribution is 2.09. The van der Waals surface area contributed by atoms with E-state index in [9.17, 15) is 19.5 Å². The fourth-order valence-corrected chi connectivity index (χ4v) is 2.72. The Hall–Kier alpha value is -2.74. The molecule has 0 radical (unpaired) electrons. The standard InChI is InChI=1S/C19H31N7O6.ClH/c1-9(2)12(20)16(28)23-13(10(3)4)18(30)31-6-11(5-27)32-8-26-7-22-14-15(26)24-19(21)25-17(14)29;/h7,9-13,27H,5-6,8,20H2,1-4H3,(H,23,28)(H3,21,24,25,29);1H/t11?,12-,13-;/m0./s1. The number of nitrogens with one attached hydrogen (secondary N) is 2. The molecule has 0 saturated carbocycles. The number of H-pyrrole nitrogens is 1. The molecule has 1 unspecified atom stereocenters. The van der Waals surface area contributed by atoms with Crippen LogP contribution in [0.5, 0.6) is 0 Å². The third kappa shape index (κ3) is 7.39. The van der Waals surface area contributed by atoms with Gasteiger partial charge in [-0.05, 0) is 11.8 Å². The summed E-state index contributed by atoms with van der Waals surface area (Å²) < 4.78 is 12.2. The number of ether oxygens (including phenoxy) is 2. The second kappa shape index (κ2) is 12.5. The summed E-state index contributed by atoms with van der Waals surface area (Å²) in [5.74, 6) is -1.52. The molecule has 13 nitrogen and oxygen atoms in total. The molecule has 186 valence electrons. The van der Waals surface area contributed by atoms with Crippen LogP contribution in [0.25, 0.3) is 11.2 Å². The smallest absolute Gasteiger partial charge is 0.328 e. The summed E-state index contributed by atoms with van der Waals surface area (Å²) in [6, 6.07) is -1.65. The monoisotopic (exact) mass is 489 g/mol. The maximum absolute atomic E-state index is 12.5. The van der Waals surface area contributed by atoms with Crippen LogP contribution >= 0.6 is 12.4 Å². The van der Waals surface area contributed by atoms with E-state index in [-0.39, 0.29) is 54.7 Å². The number of aliphatic hydroxyl groups is 1. The molecule has 0 bridgehead atoms. The van der Waals surface area contributed by atoms with Crippen LogP contribution < -0.4 is 22.3 Å². The van der Waals surface area contributed by atoms with Gasteiger partial charge in [-0.25, -0.2) is 9.78 Å². The first-order valence-electron chi connectivity index (χ1n) is 10.2. The van der Waals surface area contributed by atoms with Crippen molar-refractivity contribution < 1.29 is 24.2 Å². The lowest BCUT2D eigenvalue weighted by Gasteiger charge is -2.25. The number of aromatic nitrogens is 4. The van der Waals surface area contributed by atoms with Gasteiger partial charge in [0.15, 0.2) is 11.2 Å². The lowest BCUT2D eigenvalue weighted by Crippen LogP contribution is -2.52. The number of amides is 1. The molecule has 2 heterocycles. The molecular formula is C19H32ClN7O6. The zero-order chi connectivity index (χ0) is 24.0. The van der Waals surface area contributed by atoms with E-state index >= 15 is 0 Å². The van der Waals surface area contributed by atoms with E-state index in [2.05, 4.69) is 20.3 Å². The molecule has 14 heteroatoms. The van der Waals surface area contributed by atoms with Gasteiger partial charge in [-0.1, -0.05) is 27.7 Å². The van der Waals surface area contributed by atoms with Gasteiger partial charge in [0.1, 0.15) is 25.5 Å². The molecule has 2 aromatic heterocycles. The van der Waals surface area contributed by atoms with E-state index in [1.807, 2.05) is 0 Å². The van der Waals surface area contributed by atoms with Gasteiger partial charge in [0, 0.05) is 0 Å². The first-order chi connectivity index (χ1) is 15.0. The van der Waals surface area contributed by atoms with Crippen LogP contribution in [0.3, 0.4) is 0 Å². The molecule has 0 fully saturated rings. The summed E-state index contributed by atoms with van der Waals surface area (Å²) in [5, 5.41) is 12.2. The molecule has 0 aliphatic heterocycles. The number of nitrogen functional groups attached to an aromatic ring is 1. The Morgan fingerprint density at radius 3 is 2.52 bits per heavy atom. The predicted molar refractivity (Wildman–Crippen MR) is 122 cm³/mol. The van der Waals surface area contributed by atoms with Crippen molar-refractivity contribution in [1.29, 1.82) is 0 Å². The molecule has 0 aliphatic rings. The summed E-state index contributed by atoms with van der Waals surface area (Å²) >= 11 is 0. The van der Waals surface area contributed by atoms with Crippen LogP contribution in [-0.4, -0.2) is 67.9 Å². The predicted octanol–water partition coefficient (Wildman–Crippen LogP) is -0.874. The molecule has 0 spiro atoms. The maximum Gasteiger partial charge on any atom is 0.328 e.